The highest BCUT2D eigenvalue weighted by Crippen LogP contribution is 2.30. The monoisotopic (exact) mass is 251 g/mol. The molecule has 1 heterocycles. The number of amides is 1. The zero-order chi connectivity index (χ0) is 13.1. The van der Waals surface area contributed by atoms with Crippen LogP contribution in [0, 0.1) is 0 Å². The topological polar surface area (TPSA) is 76.1 Å². The van der Waals surface area contributed by atoms with Crippen molar-refractivity contribution in [1.29, 1.82) is 0 Å². The molecule has 0 bridgehead atoms. The van der Waals surface area contributed by atoms with Crippen molar-refractivity contribution in [1.82, 2.24) is 4.90 Å². The van der Waals surface area contributed by atoms with Crippen molar-refractivity contribution in [3.63, 3.8) is 0 Å². The number of benzene rings is 1. The van der Waals surface area contributed by atoms with Crippen molar-refractivity contribution in [2.24, 2.45) is 0 Å². The lowest BCUT2D eigenvalue weighted by atomic mass is 10.2. The number of carbonyl (C=O) groups is 2. The van der Waals surface area contributed by atoms with E-state index in [0.29, 0.717) is 24.7 Å². The number of carboxylic acids is 1. The van der Waals surface area contributed by atoms with E-state index in [0.717, 1.165) is 10.5 Å². The Kier molecular flexibility index (Phi) is 3.36. The highest BCUT2D eigenvalue weighted by Gasteiger charge is 2.18. The van der Waals surface area contributed by atoms with Gasteiger partial charge < -0.3 is 19.5 Å². The summed E-state index contributed by atoms with van der Waals surface area (Å²) in [6.07, 6.45) is 0. The molecule has 1 aromatic rings. The van der Waals surface area contributed by atoms with E-state index >= 15 is 0 Å². The lowest BCUT2D eigenvalue weighted by molar-refractivity contribution is -0.155. The van der Waals surface area contributed by atoms with Crippen LogP contribution in [0.3, 0.4) is 0 Å². The molecule has 6 nitrogen and oxygen atoms in total. The number of ether oxygens (including phenoxy) is 2. The third-order valence-corrected chi connectivity index (χ3v) is 2.56. The Balaban J connectivity index is 2.10. The van der Waals surface area contributed by atoms with Gasteiger partial charge in [0.05, 0.1) is 0 Å². The summed E-state index contributed by atoms with van der Waals surface area (Å²) < 4.78 is 10.8. The van der Waals surface area contributed by atoms with Gasteiger partial charge in [-0.05, 0) is 17.7 Å². The highest BCUT2D eigenvalue weighted by molar-refractivity contribution is 6.31. The summed E-state index contributed by atoms with van der Waals surface area (Å²) in [5, 5.41) is 8.59. The second-order valence-electron chi connectivity index (χ2n) is 3.94. The van der Waals surface area contributed by atoms with Crippen molar-refractivity contribution >= 4 is 11.9 Å². The molecule has 0 saturated carbocycles. The van der Waals surface area contributed by atoms with Crippen LogP contribution in [0.5, 0.6) is 11.5 Å². The molecule has 18 heavy (non-hydrogen) atoms. The molecule has 0 fully saturated rings. The van der Waals surface area contributed by atoms with E-state index in [4.69, 9.17) is 14.6 Å². The third kappa shape index (κ3) is 2.53. The number of carbonyl (C=O) groups excluding carboxylic acids is 1. The fraction of sp³-hybridized carbons (Fsp3) is 0.333. The van der Waals surface area contributed by atoms with Crippen molar-refractivity contribution in [3.05, 3.63) is 23.8 Å². The van der Waals surface area contributed by atoms with E-state index in [1.165, 1.54) is 7.05 Å². The van der Waals surface area contributed by atoms with E-state index in [9.17, 15) is 9.59 Å². The standard InChI is InChI=1S/C12H13NO5/c1-13(11(14)12(15)16)7-8-2-3-9-10(6-8)18-5-4-17-9/h2-3,6H,4-5,7H2,1H3,(H,15,16). The van der Waals surface area contributed by atoms with Crippen molar-refractivity contribution < 1.29 is 24.2 Å². The molecule has 0 atom stereocenters. The lowest BCUT2D eigenvalue weighted by Crippen LogP contribution is -2.32. The number of carboxylic acid groups (broad SMARTS) is 1. The van der Waals surface area contributed by atoms with Gasteiger partial charge in [0.1, 0.15) is 13.2 Å². The summed E-state index contributed by atoms with van der Waals surface area (Å²) >= 11 is 0. The number of fused-ring (bicyclic) bond motifs is 1. The van der Waals surface area contributed by atoms with Crippen LogP contribution >= 0.6 is 0 Å². The van der Waals surface area contributed by atoms with Gasteiger partial charge in [0.15, 0.2) is 11.5 Å². The molecule has 0 radical (unpaired) electrons. The quantitative estimate of drug-likeness (QED) is 0.775. The molecule has 0 aromatic heterocycles. The number of aliphatic carboxylic acids is 1. The van der Waals surface area contributed by atoms with E-state index in [-0.39, 0.29) is 6.54 Å². The Morgan fingerprint density at radius 2 is 1.94 bits per heavy atom. The van der Waals surface area contributed by atoms with Gasteiger partial charge in [0.2, 0.25) is 0 Å². The molecule has 6 heteroatoms. The van der Waals surface area contributed by atoms with Crippen LogP contribution in [0.1, 0.15) is 5.56 Å². The van der Waals surface area contributed by atoms with Gasteiger partial charge in [0.25, 0.3) is 0 Å². The molecule has 1 amide bonds. The second kappa shape index (κ2) is 4.95. The molecule has 1 aliphatic heterocycles. The average molecular weight is 251 g/mol. The maximum absolute atomic E-state index is 11.2. The van der Waals surface area contributed by atoms with Crippen molar-refractivity contribution in [2.75, 3.05) is 20.3 Å². The minimum Gasteiger partial charge on any atom is -0.486 e. The van der Waals surface area contributed by atoms with Crippen LogP contribution in [0.4, 0.5) is 0 Å². The Labute approximate surface area is 104 Å². The normalized spacial score (nSPS) is 12.9. The first-order valence-electron chi connectivity index (χ1n) is 5.45. The van der Waals surface area contributed by atoms with Crippen LogP contribution in [-0.4, -0.2) is 42.1 Å². The Morgan fingerprint density at radius 3 is 2.61 bits per heavy atom. The molecule has 1 aromatic carbocycles. The van der Waals surface area contributed by atoms with Crippen LogP contribution in [0.2, 0.25) is 0 Å². The minimum absolute atomic E-state index is 0.210. The van der Waals surface area contributed by atoms with Crippen LogP contribution in [0.25, 0.3) is 0 Å². The summed E-state index contributed by atoms with van der Waals surface area (Å²) in [5.74, 6) is -1.12. The van der Waals surface area contributed by atoms with E-state index in [2.05, 4.69) is 0 Å². The predicted octanol–water partition coefficient (Wildman–Crippen LogP) is 0.501. The van der Waals surface area contributed by atoms with Crippen LogP contribution in [0.15, 0.2) is 18.2 Å². The van der Waals surface area contributed by atoms with Crippen molar-refractivity contribution in [2.45, 2.75) is 6.54 Å². The number of nitrogens with zero attached hydrogens (tertiary/aromatic N) is 1. The van der Waals surface area contributed by atoms with E-state index in [1.54, 1.807) is 18.2 Å². The summed E-state index contributed by atoms with van der Waals surface area (Å²) in [7, 11) is 1.44. The van der Waals surface area contributed by atoms with E-state index in [1.807, 2.05) is 0 Å². The molecule has 0 saturated heterocycles. The van der Waals surface area contributed by atoms with E-state index < -0.39 is 11.9 Å². The highest BCUT2D eigenvalue weighted by atomic mass is 16.6. The molecule has 96 valence electrons. The number of hydrogen-bond acceptors (Lipinski definition) is 4. The Hall–Kier alpha value is -2.24. The predicted molar refractivity (Wildman–Crippen MR) is 61.5 cm³/mol. The Morgan fingerprint density at radius 1 is 1.28 bits per heavy atom. The largest absolute Gasteiger partial charge is 0.486 e. The van der Waals surface area contributed by atoms with Gasteiger partial charge in [0, 0.05) is 13.6 Å². The van der Waals surface area contributed by atoms with Gasteiger partial charge in [-0.3, -0.25) is 4.79 Å². The maximum Gasteiger partial charge on any atom is 0.394 e. The van der Waals surface area contributed by atoms with Gasteiger partial charge in [-0.15, -0.1) is 0 Å². The first kappa shape index (κ1) is 12.2. The zero-order valence-corrected chi connectivity index (χ0v) is 9.88. The van der Waals surface area contributed by atoms with Gasteiger partial charge in [-0.25, -0.2) is 4.79 Å². The molecule has 0 aliphatic carbocycles. The van der Waals surface area contributed by atoms with Gasteiger partial charge >= 0.3 is 11.9 Å². The summed E-state index contributed by atoms with van der Waals surface area (Å²) in [5.41, 5.74) is 0.788. The number of rotatable bonds is 2. The zero-order valence-electron chi connectivity index (χ0n) is 9.88. The van der Waals surface area contributed by atoms with Gasteiger partial charge in [-0.1, -0.05) is 6.07 Å². The maximum atomic E-state index is 11.2. The molecule has 1 N–H and O–H groups in total. The molecular weight excluding hydrogens is 238 g/mol. The van der Waals surface area contributed by atoms with Gasteiger partial charge in [-0.2, -0.15) is 0 Å². The SMILES string of the molecule is CN(Cc1ccc2c(c1)OCCO2)C(=O)C(=O)O. The van der Waals surface area contributed by atoms with Crippen LogP contribution < -0.4 is 9.47 Å². The second-order valence-corrected chi connectivity index (χ2v) is 3.94. The summed E-state index contributed by atoms with van der Waals surface area (Å²) in [6, 6.07) is 5.28. The van der Waals surface area contributed by atoms with Crippen molar-refractivity contribution in [3.8, 4) is 11.5 Å². The summed E-state index contributed by atoms with van der Waals surface area (Å²) in [6.45, 7) is 1.21. The lowest BCUT2D eigenvalue weighted by Gasteiger charge is -2.20. The third-order valence-electron chi connectivity index (χ3n) is 2.56. The average Bonchev–Trinajstić information content (AvgIpc) is 2.37. The fourth-order valence-electron chi connectivity index (χ4n) is 1.70. The fourth-order valence-corrected chi connectivity index (χ4v) is 1.70. The van der Waals surface area contributed by atoms with Crippen LogP contribution in [-0.2, 0) is 16.1 Å². The molecule has 2 rings (SSSR count). The Bertz CT molecular complexity index is 485. The first-order valence-corrected chi connectivity index (χ1v) is 5.45. The molecule has 0 unspecified atom stereocenters. The smallest absolute Gasteiger partial charge is 0.394 e. The summed E-state index contributed by atoms with van der Waals surface area (Å²) in [4.78, 5) is 22.9. The molecule has 1 aliphatic rings. The molecule has 0 spiro atoms. The minimum atomic E-state index is -1.46. The molecular formula is C12H13NO5. The first-order chi connectivity index (χ1) is 8.58. The number of likely N-dealkylation sites (N-methyl/N-ethyl adjacent to an activating group) is 1. The number of hydrogen-bond donors (Lipinski definition) is 1.